The van der Waals surface area contributed by atoms with Crippen molar-refractivity contribution in [1.29, 1.82) is 0 Å². The van der Waals surface area contributed by atoms with Crippen LogP contribution in [0.4, 0.5) is 5.69 Å². The van der Waals surface area contributed by atoms with Gasteiger partial charge in [0.1, 0.15) is 5.75 Å². The van der Waals surface area contributed by atoms with Crippen molar-refractivity contribution in [2.45, 2.75) is 19.3 Å². The van der Waals surface area contributed by atoms with Gasteiger partial charge in [0.15, 0.2) is 17.5 Å². The Morgan fingerprint density at radius 2 is 1.63 bits per heavy atom. The summed E-state index contributed by atoms with van der Waals surface area (Å²) in [7, 11) is 4.88. The fraction of sp³-hybridized carbons (Fsp3) is 0.350. The van der Waals surface area contributed by atoms with Crippen LogP contribution in [0, 0.1) is 0 Å². The first-order valence-electron chi connectivity index (χ1n) is 8.58. The molecule has 3 N–H and O–H groups in total. The largest absolute Gasteiger partial charge is 0.497 e. The van der Waals surface area contributed by atoms with E-state index in [0.717, 1.165) is 30.7 Å². The number of unbranched alkanes of at least 4 members (excludes halogenated alkanes) is 1. The number of hydrogen-bond acceptors (Lipinski definition) is 4. The van der Waals surface area contributed by atoms with Crippen molar-refractivity contribution in [1.82, 2.24) is 0 Å². The number of methoxy groups -OCH3 is 3. The second kappa shape index (κ2) is 12.3. The summed E-state index contributed by atoms with van der Waals surface area (Å²) in [6.07, 6.45) is 3.04. The number of hydrogen-bond donors (Lipinski definition) is 2. The van der Waals surface area contributed by atoms with Crippen LogP contribution in [0.5, 0.6) is 17.2 Å². The van der Waals surface area contributed by atoms with Crippen molar-refractivity contribution in [2.75, 3.05) is 33.2 Å². The van der Waals surface area contributed by atoms with E-state index in [1.165, 1.54) is 5.56 Å². The standard InChI is InChI=1S/C20H27N3O3.HI/c1-24-17-10-7-15(8-11-17)6-4-5-13-22-20(21)23-16-9-12-18(25-2)19(14-16)26-3;/h7-12,14H,4-6,13H2,1-3H3,(H3,21,22,23);1H. The highest BCUT2D eigenvalue weighted by atomic mass is 127. The van der Waals surface area contributed by atoms with Crippen LogP contribution in [0.1, 0.15) is 18.4 Å². The number of benzene rings is 2. The number of nitrogens with zero attached hydrogens (tertiary/aromatic N) is 1. The third-order valence-electron chi connectivity index (χ3n) is 3.97. The van der Waals surface area contributed by atoms with Crippen molar-refractivity contribution < 1.29 is 14.2 Å². The second-order valence-electron chi connectivity index (χ2n) is 5.77. The SMILES string of the molecule is COc1ccc(CCCCN=C(N)Nc2ccc(OC)c(OC)c2)cc1.I. The van der Waals surface area contributed by atoms with E-state index < -0.39 is 0 Å². The number of anilines is 1. The van der Waals surface area contributed by atoms with E-state index in [0.29, 0.717) is 24.0 Å². The number of nitrogens with one attached hydrogen (secondary N) is 1. The summed E-state index contributed by atoms with van der Waals surface area (Å²) in [5.41, 5.74) is 8.05. The minimum Gasteiger partial charge on any atom is -0.497 e. The van der Waals surface area contributed by atoms with Gasteiger partial charge in [-0.15, -0.1) is 24.0 Å². The van der Waals surface area contributed by atoms with Crippen molar-refractivity contribution in [3.8, 4) is 17.2 Å². The van der Waals surface area contributed by atoms with E-state index in [1.54, 1.807) is 21.3 Å². The molecule has 0 saturated heterocycles. The zero-order valence-corrected chi connectivity index (χ0v) is 18.4. The van der Waals surface area contributed by atoms with E-state index in [1.807, 2.05) is 30.3 Å². The summed E-state index contributed by atoms with van der Waals surface area (Å²) in [5.74, 6) is 2.59. The quantitative estimate of drug-likeness (QED) is 0.242. The lowest BCUT2D eigenvalue weighted by Gasteiger charge is -2.11. The molecule has 0 aromatic heterocycles. The van der Waals surface area contributed by atoms with Gasteiger partial charge < -0.3 is 25.3 Å². The van der Waals surface area contributed by atoms with Gasteiger partial charge in [-0.1, -0.05) is 12.1 Å². The molecule has 0 aliphatic heterocycles. The maximum absolute atomic E-state index is 5.95. The molecule has 0 bridgehead atoms. The molecule has 0 radical (unpaired) electrons. The van der Waals surface area contributed by atoms with Crippen LogP contribution < -0.4 is 25.3 Å². The number of nitrogens with two attached hydrogens (primary N) is 1. The highest BCUT2D eigenvalue weighted by Gasteiger charge is 2.05. The van der Waals surface area contributed by atoms with E-state index in [4.69, 9.17) is 19.9 Å². The summed E-state index contributed by atoms with van der Waals surface area (Å²) in [4.78, 5) is 4.37. The second-order valence-corrected chi connectivity index (χ2v) is 5.77. The molecule has 148 valence electrons. The monoisotopic (exact) mass is 485 g/mol. The van der Waals surface area contributed by atoms with Crippen LogP contribution in [0.3, 0.4) is 0 Å². The lowest BCUT2D eigenvalue weighted by atomic mass is 10.1. The third kappa shape index (κ3) is 7.54. The molecular weight excluding hydrogens is 457 g/mol. The average molecular weight is 485 g/mol. The normalized spacial score (nSPS) is 10.7. The minimum atomic E-state index is 0. The van der Waals surface area contributed by atoms with E-state index in [-0.39, 0.29) is 24.0 Å². The minimum absolute atomic E-state index is 0. The predicted molar refractivity (Wildman–Crippen MR) is 121 cm³/mol. The zero-order chi connectivity index (χ0) is 18.8. The molecule has 6 nitrogen and oxygen atoms in total. The maximum atomic E-state index is 5.95. The fourth-order valence-corrected chi connectivity index (χ4v) is 2.53. The molecule has 0 heterocycles. The van der Waals surface area contributed by atoms with Gasteiger partial charge >= 0.3 is 0 Å². The Morgan fingerprint density at radius 3 is 2.26 bits per heavy atom. The molecule has 0 aliphatic rings. The third-order valence-corrected chi connectivity index (χ3v) is 3.97. The lowest BCUT2D eigenvalue weighted by molar-refractivity contribution is 0.355. The lowest BCUT2D eigenvalue weighted by Crippen LogP contribution is -2.22. The van der Waals surface area contributed by atoms with Crippen molar-refractivity contribution in [3.63, 3.8) is 0 Å². The first-order valence-corrected chi connectivity index (χ1v) is 8.58. The average Bonchev–Trinajstić information content (AvgIpc) is 2.68. The number of aryl methyl sites for hydroxylation is 1. The van der Waals surface area contributed by atoms with Crippen molar-refractivity contribution in [2.24, 2.45) is 10.7 Å². The van der Waals surface area contributed by atoms with Crippen LogP contribution in [0.15, 0.2) is 47.5 Å². The molecule has 2 aromatic carbocycles. The first-order chi connectivity index (χ1) is 12.7. The van der Waals surface area contributed by atoms with E-state index >= 15 is 0 Å². The molecule has 0 amide bonds. The zero-order valence-electron chi connectivity index (χ0n) is 16.0. The number of ether oxygens (including phenoxy) is 3. The fourth-order valence-electron chi connectivity index (χ4n) is 2.53. The summed E-state index contributed by atoms with van der Waals surface area (Å²) in [5, 5.41) is 3.07. The molecule has 7 heteroatoms. The maximum Gasteiger partial charge on any atom is 0.193 e. The summed E-state index contributed by atoms with van der Waals surface area (Å²) < 4.78 is 15.7. The molecule has 2 rings (SSSR count). The Balaban J connectivity index is 0.00000364. The molecular formula is C20H28IN3O3. The smallest absolute Gasteiger partial charge is 0.193 e. The molecule has 0 aliphatic carbocycles. The number of rotatable bonds is 9. The van der Waals surface area contributed by atoms with Crippen LogP contribution in [0.25, 0.3) is 0 Å². The summed E-state index contributed by atoms with van der Waals surface area (Å²) in [6, 6.07) is 13.7. The van der Waals surface area contributed by atoms with Gasteiger partial charge in [-0.05, 0) is 49.1 Å². The molecule has 27 heavy (non-hydrogen) atoms. The number of halogens is 1. The Labute approximate surface area is 178 Å². The topological polar surface area (TPSA) is 78.1 Å². The number of aliphatic imine (C=N–C) groups is 1. The summed E-state index contributed by atoms with van der Waals surface area (Å²) in [6.45, 7) is 0.683. The van der Waals surface area contributed by atoms with Gasteiger partial charge in [0.05, 0.1) is 21.3 Å². The van der Waals surface area contributed by atoms with Crippen molar-refractivity contribution in [3.05, 3.63) is 48.0 Å². The molecule has 2 aromatic rings. The highest BCUT2D eigenvalue weighted by molar-refractivity contribution is 14.0. The molecule has 0 unspecified atom stereocenters. The van der Waals surface area contributed by atoms with Gasteiger partial charge in [-0.3, -0.25) is 4.99 Å². The van der Waals surface area contributed by atoms with Gasteiger partial charge in [-0.2, -0.15) is 0 Å². The van der Waals surface area contributed by atoms with Crippen molar-refractivity contribution >= 4 is 35.6 Å². The summed E-state index contributed by atoms with van der Waals surface area (Å²) >= 11 is 0. The van der Waals surface area contributed by atoms with Crippen LogP contribution in [-0.2, 0) is 6.42 Å². The van der Waals surface area contributed by atoms with Crippen LogP contribution >= 0.6 is 24.0 Å². The molecule has 0 saturated carbocycles. The van der Waals surface area contributed by atoms with Gasteiger partial charge in [-0.25, -0.2) is 0 Å². The van der Waals surface area contributed by atoms with E-state index in [9.17, 15) is 0 Å². The molecule has 0 fully saturated rings. The first kappa shape index (κ1) is 22.9. The van der Waals surface area contributed by atoms with Gasteiger partial charge in [0, 0.05) is 18.3 Å². The Morgan fingerprint density at radius 1 is 0.926 bits per heavy atom. The van der Waals surface area contributed by atoms with Gasteiger partial charge in [0.25, 0.3) is 0 Å². The predicted octanol–water partition coefficient (Wildman–Crippen LogP) is 4.08. The molecule has 0 spiro atoms. The highest BCUT2D eigenvalue weighted by Crippen LogP contribution is 2.29. The Kier molecular flexibility index (Phi) is 10.4. The van der Waals surface area contributed by atoms with E-state index in [2.05, 4.69) is 22.4 Å². The Hall–Kier alpha value is -2.16. The molecule has 0 atom stereocenters. The Bertz CT molecular complexity index is 721. The number of guanidine groups is 1. The van der Waals surface area contributed by atoms with Crippen LogP contribution in [0.2, 0.25) is 0 Å². The van der Waals surface area contributed by atoms with Gasteiger partial charge in [0.2, 0.25) is 0 Å². The van der Waals surface area contributed by atoms with Crippen LogP contribution in [-0.4, -0.2) is 33.8 Å².